The monoisotopic (exact) mass is 282 g/mol. The van der Waals surface area contributed by atoms with Gasteiger partial charge in [-0.1, -0.05) is 38.2 Å². The summed E-state index contributed by atoms with van der Waals surface area (Å²) >= 11 is 0. The van der Waals surface area contributed by atoms with E-state index in [0.717, 1.165) is 0 Å². The van der Waals surface area contributed by atoms with E-state index in [1.54, 1.807) is 0 Å². The molecule has 0 atom stereocenters. The van der Waals surface area contributed by atoms with Gasteiger partial charge in [0.1, 0.15) is 0 Å². The summed E-state index contributed by atoms with van der Waals surface area (Å²) in [4.78, 5) is 0. The van der Waals surface area contributed by atoms with Gasteiger partial charge < -0.3 is 19.8 Å². The molecule has 6 heteroatoms. The van der Waals surface area contributed by atoms with Crippen molar-refractivity contribution in [1.29, 1.82) is 0 Å². The summed E-state index contributed by atoms with van der Waals surface area (Å²) in [6.07, 6.45) is 6.80. The molecule has 114 valence electrons. The van der Waals surface area contributed by atoms with E-state index in [9.17, 15) is 0 Å². The average Bonchev–Trinajstić information content (AvgIpc) is 2.90. The molecular formula is C14H26N4O2. The first-order chi connectivity index (χ1) is 9.74. The molecule has 0 saturated heterocycles. The molecule has 6 nitrogen and oxygen atoms in total. The third kappa shape index (κ3) is 5.46. The lowest BCUT2D eigenvalue weighted by Gasteiger charge is -2.21. The zero-order valence-corrected chi connectivity index (χ0v) is 12.5. The van der Waals surface area contributed by atoms with Crippen LogP contribution in [0.15, 0.2) is 4.42 Å². The lowest BCUT2D eigenvalue weighted by Crippen LogP contribution is -2.21. The highest BCUT2D eigenvalue weighted by molar-refractivity contribution is 5.16. The number of hydrogen-bond acceptors (Lipinski definition) is 6. The van der Waals surface area contributed by atoms with Crippen LogP contribution < -0.4 is 10.6 Å². The van der Waals surface area contributed by atoms with Crippen LogP contribution in [0.2, 0.25) is 0 Å². The van der Waals surface area contributed by atoms with Crippen LogP contribution in [0.1, 0.15) is 51.8 Å². The Morgan fingerprint density at radius 1 is 1.25 bits per heavy atom. The van der Waals surface area contributed by atoms with E-state index in [4.69, 9.17) is 9.15 Å². The molecule has 0 amide bonds. The largest absolute Gasteiger partial charge is 0.407 e. The summed E-state index contributed by atoms with van der Waals surface area (Å²) in [5, 5.41) is 14.3. The van der Waals surface area contributed by atoms with Crippen LogP contribution in [0.5, 0.6) is 0 Å². The number of aromatic nitrogens is 2. The second-order valence-electron chi connectivity index (χ2n) is 5.59. The van der Waals surface area contributed by atoms with Gasteiger partial charge in [0.15, 0.2) is 0 Å². The molecule has 0 aromatic carbocycles. The second kappa shape index (κ2) is 8.21. The molecule has 2 rings (SSSR count). The maximum Gasteiger partial charge on any atom is 0.315 e. The molecule has 0 aliphatic heterocycles. The number of rotatable bonds is 8. The topological polar surface area (TPSA) is 72.2 Å². The van der Waals surface area contributed by atoms with Crippen molar-refractivity contribution in [2.45, 2.75) is 64.6 Å². The van der Waals surface area contributed by atoms with Gasteiger partial charge in [0.2, 0.25) is 5.89 Å². The van der Waals surface area contributed by atoms with Crippen molar-refractivity contribution in [3.63, 3.8) is 0 Å². The molecule has 2 N–H and O–H groups in total. The minimum atomic E-state index is 0.405. The summed E-state index contributed by atoms with van der Waals surface area (Å²) < 4.78 is 11.3. The Kier molecular flexibility index (Phi) is 6.26. The summed E-state index contributed by atoms with van der Waals surface area (Å²) in [6.45, 7) is 6.16. The number of nitrogens with zero attached hydrogens (tertiary/aromatic N) is 2. The molecular weight excluding hydrogens is 256 g/mol. The van der Waals surface area contributed by atoms with Gasteiger partial charge in [-0.15, -0.1) is 5.10 Å². The van der Waals surface area contributed by atoms with Gasteiger partial charge in [-0.05, 0) is 12.8 Å². The van der Waals surface area contributed by atoms with Crippen molar-refractivity contribution in [3.05, 3.63) is 5.89 Å². The molecule has 1 saturated carbocycles. The average molecular weight is 282 g/mol. The van der Waals surface area contributed by atoms with Gasteiger partial charge in [-0.25, -0.2) is 0 Å². The Hall–Kier alpha value is -1.14. The molecule has 0 bridgehead atoms. The van der Waals surface area contributed by atoms with Crippen molar-refractivity contribution in [3.8, 4) is 0 Å². The lowest BCUT2D eigenvalue weighted by molar-refractivity contribution is 0.0346. The van der Waals surface area contributed by atoms with E-state index in [-0.39, 0.29) is 0 Å². The Morgan fingerprint density at radius 2 is 2.05 bits per heavy atom. The standard InChI is InChI=1S/C14H26N4O2/c1-11(2)16-10-13-17-18-14(20-13)15-8-9-19-12-6-4-3-5-7-12/h11-12,16H,3-10H2,1-2H3,(H,15,18). The van der Waals surface area contributed by atoms with E-state index < -0.39 is 0 Å². The first kappa shape index (κ1) is 15.3. The Morgan fingerprint density at radius 3 is 2.80 bits per heavy atom. The second-order valence-corrected chi connectivity index (χ2v) is 5.59. The van der Waals surface area contributed by atoms with Gasteiger partial charge in [-0.3, -0.25) is 0 Å². The molecule has 1 aliphatic rings. The third-order valence-electron chi connectivity index (χ3n) is 3.41. The van der Waals surface area contributed by atoms with Crippen LogP contribution in [0, 0.1) is 0 Å². The fourth-order valence-corrected chi connectivity index (χ4v) is 2.30. The molecule has 1 fully saturated rings. The molecule has 0 radical (unpaired) electrons. The van der Waals surface area contributed by atoms with E-state index in [1.807, 2.05) is 0 Å². The van der Waals surface area contributed by atoms with Crippen LogP contribution in [0.4, 0.5) is 6.01 Å². The predicted octanol–water partition coefficient (Wildman–Crippen LogP) is 2.33. The number of nitrogens with one attached hydrogen (secondary N) is 2. The summed E-state index contributed by atoms with van der Waals surface area (Å²) in [7, 11) is 0. The molecule has 20 heavy (non-hydrogen) atoms. The van der Waals surface area contributed by atoms with Crippen molar-refractivity contribution < 1.29 is 9.15 Å². The first-order valence-corrected chi connectivity index (χ1v) is 7.65. The highest BCUT2D eigenvalue weighted by atomic mass is 16.5. The van der Waals surface area contributed by atoms with Gasteiger partial charge in [0.25, 0.3) is 0 Å². The summed E-state index contributed by atoms with van der Waals surface area (Å²) in [5.41, 5.74) is 0. The van der Waals surface area contributed by atoms with E-state index in [1.165, 1.54) is 32.1 Å². The minimum Gasteiger partial charge on any atom is -0.407 e. The maximum absolute atomic E-state index is 5.83. The summed E-state index contributed by atoms with van der Waals surface area (Å²) in [6, 6.07) is 0.875. The first-order valence-electron chi connectivity index (χ1n) is 7.65. The minimum absolute atomic E-state index is 0.405. The number of anilines is 1. The van der Waals surface area contributed by atoms with E-state index >= 15 is 0 Å². The zero-order chi connectivity index (χ0) is 14.2. The Balaban J connectivity index is 1.59. The van der Waals surface area contributed by atoms with Crippen LogP contribution in [0.25, 0.3) is 0 Å². The lowest BCUT2D eigenvalue weighted by atomic mass is 9.98. The van der Waals surface area contributed by atoms with E-state index in [0.29, 0.717) is 43.7 Å². The van der Waals surface area contributed by atoms with Gasteiger partial charge in [0, 0.05) is 12.6 Å². The van der Waals surface area contributed by atoms with Crippen molar-refractivity contribution in [1.82, 2.24) is 15.5 Å². The van der Waals surface area contributed by atoms with Crippen molar-refractivity contribution in [2.75, 3.05) is 18.5 Å². The van der Waals surface area contributed by atoms with Crippen LogP contribution >= 0.6 is 0 Å². The maximum atomic E-state index is 5.83. The van der Waals surface area contributed by atoms with E-state index in [2.05, 4.69) is 34.7 Å². The van der Waals surface area contributed by atoms with Crippen LogP contribution in [-0.2, 0) is 11.3 Å². The molecule has 0 unspecified atom stereocenters. The van der Waals surface area contributed by atoms with Gasteiger partial charge >= 0.3 is 6.01 Å². The van der Waals surface area contributed by atoms with Gasteiger partial charge in [-0.2, -0.15) is 0 Å². The van der Waals surface area contributed by atoms with Crippen LogP contribution in [0.3, 0.4) is 0 Å². The molecule has 1 heterocycles. The summed E-state index contributed by atoms with van der Waals surface area (Å²) in [5.74, 6) is 0.606. The van der Waals surface area contributed by atoms with Crippen molar-refractivity contribution >= 4 is 6.01 Å². The molecule has 1 aromatic rings. The smallest absolute Gasteiger partial charge is 0.315 e. The van der Waals surface area contributed by atoms with Crippen molar-refractivity contribution in [2.24, 2.45) is 0 Å². The highest BCUT2D eigenvalue weighted by Gasteiger charge is 2.13. The Labute approximate surface area is 120 Å². The normalized spacial score (nSPS) is 16.8. The molecule has 1 aromatic heterocycles. The SMILES string of the molecule is CC(C)NCc1nnc(NCCOC2CCCCC2)o1. The molecule has 0 spiro atoms. The number of ether oxygens (including phenoxy) is 1. The highest BCUT2D eigenvalue weighted by Crippen LogP contribution is 2.19. The predicted molar refractivity (Wildman–Crippen MR) is 77.6 cm³/mol. The van der Waals surface area contributed by atoms with Gasteiger partial charge in [0.05, 0.1) is 19.3 Å². The Bertz CT molecular complexity index is 375. The molecule has 1 aliphatic carbocycles. The number of hydrogen-bond donors (Lipinski definition) is 2. The quantitative estimate of drug-likeness (QED) is 0.713. The zero-order valence-electron chi connectivity index (χ0n) is 12.5. The third-order valence-corrected chi connectivity index (χ3v) is 3.41. The van der Waals surface area contributed by atoms with Crippen LogP contribution in [-0.4, -0.2) is 35.5 Å². The fraction of sp³-hybridized carbons (Fsp3) is 0.857. The fourth-order valence-electron chi connectivity index (χ4n) is 2.30.